The highest BCUT2D eigenvalue weighted by Crippen LogP contribution is 2.31. The third-order valence-electron chi connectivity index (χ3n) is 4.43. The van der Waals surface area contributed by atoms with E-state index in [9.17, 15) is 4.79 Å². The van der Waals surface area contributed by atoms with Gasteiger partial charge in [-0.3, -0.25) is 9.79 Å². The number of anilines is 1. The number of fused-ring (bicyclic) bond motifs is 1. The van der Waals surface area contributed by atoms with Crippen LogP contribution in [0.15, 0.2) is 53.5 Å². The molecule has 0 atom stereocenters. The Balaban J connectivity index is 1.46. The molecule has 1 aliphatic heterocycles. The monoisotopic (exact) mass is 366 g/mol. The number of amides is 1. The summed E-state index contributed by atoms with van der Waals surface area (Å²) in [4.78, 5) is 18.2. The number of nitrogens with zero attached hydrogens (tertiary/aromatic N) is 2. The molecule has 0 bridgehead atoms. The van der Waals surface area contributed by atoms with Gasteiger partial charge in [-0.1, -0.05) is 42.0 Å². The number of aliphatic imine (C=N–C) groups is 1. The molecule has 0 aliphatic carbocycles. The third-order valence-corrected chi connectivity index (χ3v) is 4.43. The molecule has 0 saturated carbocycles. The van der Waals surface area contributed by atoms with Crippen LogP contribution >= 0.6 is 0 Å². The topological polar surface area (TPSA) is 66.0 Å². The molecule has 6 heteroatoms. The highest BCUT2D eigenvalue weighted by molar-refractivity contribution is 5.97. The van der Waals surface area contributed by atoms with Gasteiger partial charge < -0.3 is 20.3 Å². The van der Waals surface area contributed by atoms with E-state index in [2.05, 4.69) is 46.8 Å². The van der Waals surface area contributed by atoms with Crippen LogP contribution in [0.25, 0.3) is 0 Å². The third kappa shape index (κ3) is 5.00. The van der Waals surface area contributed by atoms with Crippen LogP contribution in [0.5, 0.6) is 5.75 Å². The molecule has 0 saturated heterocycles. The van der Waals surface area contributed by atoms with Gasteiger partial charge in [0.2, 0.25) is 0 Å². The number of aryl methyl sites for hydroxylation is 1. The van der Waals surface area contributed by atoms with Gasteiger partial charge >= 0.3 is 0 Å². The number of rotatable bonds is 6. The zero-order chi connectivity index (χ0) is 19.1. The van der Waals surface area contributed by atoms with Gasteiger partial charge in [0.1, 0.15) is 5.75 Å². The van der Waals surface area contributed by atoms with E-state index in [1.807, 2.05) is 24.3 Å². The normalized spacial score (nSPS) is 13.8. The highest BCUT2D eigenvalue weighted by atomic mass is 16.5. The van der Waals surface area contributed by atoms with Gasteiger partial charge in [0.05, 0.1) is 5.69 Å². The summed E-state index contributed by atoms with van der Waals surface area (Å²) in [6, 6.07) is 16.0. The number of nitrogens with one attached hydrogen (secondary N) is 2. The Morgan fingerprint density at radius 1 is 1.19 bits per heavy atom. The van der Waals surface area contributed by atoms with Crippen molar-refractivity contribution < 1.29 is 9.53 Å². The van der Waals surface area contributed by atoms with Crippen LogP contribution in [0.1, 0.15) is 17.5 Å². The van der Waals surface area contributed by atoms with Crippen molar-refractivity contribution in [3.8, 4) is 5.75 Å². The van der Waals surface area contributed by atoms with Gasteiger partial charge in [-0.2, -0.15) is 0 Å². The molecule has 2 N–H and O–H groups in total. The van der Waals surface area contributed by atoms with E-state index in [0.717, 1.165) is 36.9 Å². The van der Waals surface area contributed by atoms with Crippen LogP contribution in [0.4, 0.5) is 5.69 Å². The molecule has 1 aliphatic rings. The Morgan fingerprint density at radius 2 is 2.04 bits per heavy atom. The number of hydrogen-bond acceptors (Lipinski definition) is 3. The fraction of sp³-hybridized carbons (Fsp3) is 0.333. The minimum atomic E-state index is -0.00402. The minimum absolute atomic E-state index is 0.00402. The quantitative estimate of drug-likeness (QED) is 0.468. The largest absolute Gasteiger partial charge is 0.482 e. The van der Waals surface area contributed by atoms with Gasteiger partial charge in [0.15, 0.2) is 12.6 Å². The van der Waals surface area contributed by atoms with E-state index >= 15 is 0 Å². The molecule has 6 nitrogen and oxygen atoms in total. The zero-order valence-corrected chi connectivity index (χ0v) is 15.9. The van der Waals surface area contributed by atoms with Crippen LogP contribution in [0.2, 0.25) is 0 Å². The maximum absolute atomic E-state index is 12.2. The zero-order valence-electron chi connectivity index (χ0n) is 15.9. The van der Waals surface area contributed by atoms with E-state index in [-0.39, 0.29) is 12.5 Å². The molecule has 0 radical (unpaired) electrons. The fourth-order valence-electron chi connectivity index (χ4n) is 3.07. The lowest BCUT2D eigenvalue weighted by Gasteiger charge is -2.29. The van der Waals surface area contributed by atoms with Crippen LogP contribution in [-0.4, -0.2) is 38.6 Å². The lowest BCUT2D eigenvalue weighted by atomic mass is 10.1. The number of carbonyl (C=O) groups is 1. The summed E-state index contributed by atoms with van der Waals surface area (Å²) < 4.78 is 5.47. The summed E-state index contributed by atoms with van der Waals surface area (Å²) in [7, 11) is 1.76. The number of ether oxygens (including phenoxy) is 1. The molecule has 1 heterocycles. The van der Waals surface area contributed by atoms with Gasteiger partial charge in [-0.05, 0) is 31.0 Å². The Bertz CT molecular complexity index is 819. The molecule has 0 aromatic heterocycles. The van der Waals surface area contributed by atoms with Crippen LogP contribution in [-0.2, 0) is 11.3 Å². The lowest BCUT2D eigenvalue weighted by Crippen LogP contribution is -2.41. The summed E-state index contributed by atoms with van der Waals surface area (Å²) in [5.41, 5.74) is 3.30. The average molecular weight is 366 g/mol. The maximum Gasteiger partial charge on any atom is 0.265 e. The molecule has 1 amide bonds. The van der Waals surface area contributed by atoms with Crippen molar-refractivity contribution in [3.05, 3.63) is 59.7 Å². The first-order chi connectivity index (χ1) is 13.2. The molecule has 0 fully saturated rings. The van der Waals surface area contributed by atoms with Crippen molar-refractivity contribution in [1.82, 2.24) is 10.6 Å². The van der Waals surface area contributed by atoms with Gasteiger partial charge in [-0.15, -0.1) is 0 Å². The molecule has 0 spiro atoms. The standard InChI is InChI=1S/C21H26N4O2/c1-16-7-5-8-17(13-16)14-24-21(22-2)23-11-6-12-25-18-9-3-4-10-19(18)27-15-20(25)26/h3-5,7-10,13H,6,11-12,14-15H2,1-2H3,(H2,22,23,24). The highest BCUT2D eigenvalue weighted by Gasteiger charge is 2.24. The second-order valence-electron chi connectivity index (χ2n) is 6.50. The average Bonchev–Trinajstić information content (AvgIpc) is 2.69. The van der Waals surface area contributed by atoms with Crippen molar-refractivity contribution >= 4 is 17.6 Å². The Hall–Kier alpha value is -3.02. The molecule has 142 valence electrons. The second-order valence-corrected chi connectivity index (χ2v) is 6.50. The first kappa shape index (κ1) is 18.8. The van der Waals surface area contributed by atoms with Crippen molar-refractivity contribution in [2.45, 2.75) is 19.9 Å². The van der Waals surface area contributed by atoms with E-state index in [0.29, 0.717) is 6.54 Å². The number of hydrogen-bond donors (Lipinski definition) is 2. The smallest absolute Gasteiger partial charge is 0.265 e. The summed E-state index contributed by atoms with van der Waals surface area (Å²) in [5, 5.41) is 6.62. The number of carbonyl (C=O) groups excluding carboxylic acids is 1. The van der Waals surface area contributed by atoms with Gasteiger partial charge in [0, 0.05) is 26.7 Å². The van der Waals surface area contributed by atoms with Crippen molar-refractivity contribution in [2.24, 2.45) is 4.99 Å². The van der Waals surface area contributed by atoms with Crippen molar-refractivity contribution in [3.63, 3.8) is 0 Å². The number of guanidine groups is 1. The first-order valence-electron chi connectivity index (χ1n) is 9.19. The molecule has 0 unspecified atom stereocenters. The summed E-state index contributed by atoms with van der Waals surface area (Å²) in [6.45, 7) is 4.27. The first-order valence-corrected chi connectivity index (χ1v) is 9.19. The molecule has 27 heavy (non-hydrogen) atoms. The van der Waals surface area contributed by atoms with E-state index < -0.39 is 0 Å². The maximum atomic E-state index is 12.2. The van der Waals surface area contributed by atoms with E-state index in [4.69, 9.17) is 4.74 Å². The molecular formula is C21H26N4O2. The molecular weight excluding hydrogens is 340 g/mol. The molecule has 2 aromatic rings. The Kier molecular flexibility index (Phi) is 6.30. The second kappa shape index (κ2) is 9.07. The number of para-hydroxylation sites is 2. The molecule has 3 rings (SSSR count). The summed E-state index contributed by atoms with van der Waals surface area (Å²) in [6.07, 6.45) is 0.811. The van der Waals surface area contributed by atoms with Crippen molar-refractivity contribution in [1.29, 1.82) is 0 Å². The lowest BCUT2D eigenvalue weighted by molar-refractivity contribution is -0.121. The summed E-state index contributed by atoms with van der Waals surface area (Å²) >= 11 is 0. The van der Waals surface area contributed by atoms with Crippen LogP contribution in [0.3, 0.4) is 0 Å². The predicted molar refractivity (Wildman–Crippen MR) is 108 cm³/mol. The SMILES string of the molecule is CN=C(NCCCN1C(=O)COc2ccccc21)NCc1cccc(C)c1. The van der Waals surface area contributed by atoms with Gasteiger partial charge in [-0.25, -0.2) is 0 Å². The Labute approximate surface area is 160 Å². The van der Waals surface area contributed by atoms with E-state index in [1.54, 1.807) is 11.9 Å². The van der Waals surface area contributed by atoms with Crippen LogP contribution < -0.4 is 20.3 Å². The van der Waals surface area contributed by atoms with E-state index in [1.165, 1.54) is 11.1 Å². The summed E-state index contributed by atoms with van der Waals surface area (Å²) in [5.74, 6) is 1.52. The Morgan fingerprint density at radius 3 is 2.85 bits per heavy atom. The minimum Gasteiger partial charge on any atom is -0.482 e. The van der Waals surface area contributed by atoms with Crippen LogP contribution in [0, 0.1) is 6.92 Å². The van der Waals surface area contributed by atoms with Gasteiger partial charge in [0.25, 0.3) is 5.91 Å². The molecule has 2 aromatic carbocycles. The fourth-order valence-corrected chi connectivity index (χ4v) is 3.07. The van der Waals surface area contributed by atoms with Crippen molar-refractivity contribution in [2.75, 3.05) is 31.6 Å². The predicted octanol–water partition coefficient (Wildman–Crippen LogP) is 2.48. The number of benzene rings is 2.